The molecule has 0 fully saturated rings. The van der Waals surface area contributed by atoms with Crippen LogP contribution < -0.4 is 10.1 Å². The van der Waals surface area contributed by atoms with Crippen molar-refractivity contribution >= 4 is 5.91 Å². The number of hydrogen-bond donors (Lipinski definition) is 1. The fourth-order valence-corrected chi connectivity index (χ4v) is 2.71. The van der Waals surface area contributed by atoms with Crippen LogP contribution in [0.3, 0.4) is 0 Å². The van der Waals surface area contributed by atoms with Crippen LogP contribution in [0.25, 0.3) is 0 Å². The lowest BCUT2D eigenvalue weighted by molar-refractivity contribution is 0.0898. The molecule has 1 N–H and O–H groups in total. The summed E-state index contributed by atoms with van der Waals surface area (Å²) < 4.78 is 9.86. The number of rotatable bonds is 3. The molecule has 104 valence electrons. The number of nitrogens with zero attached hydrogens (tertiary/aromatic N) is 1. The minimum atomic E-state index is -0.269. The van der Waals surface area contributed by atoms with E-state index in [4.69, 9.17) is 9.26 Å². The van der Waals surface area contributed by atoms with E-state index >= 15 is 0 Å². The average Bonchev–Trinajstić information content (AvgIpc) is 3.05. The monoisotopic (exact) mass is 272 g/mol. The van der Waals surface area contributed by atoms with E-state index in [1.807, 2.05) is 12.1 Å². The van der Waals surface area contributed by atoms with E-state index in [-0.39, 0.29) is 17.7 Å². The lowest BCUT2D eigenvalue weighted by atomic mass is 10.0. The van der Waals surface area contributed by atoms with E-state index in [1.54, 1.807) is 0 Å². The fraction of sp³-hybridized carbons (Fsp3) is 0.333. The summed E-state index contributed by atoms with van der Waals surface area (Å²) in [4.78, 5) is 12.1. The highest BCUT2D eigenvalue weighted by Gasteiger charge is 2.29. The van der Waals surface area contributed by atoms with Gasteiger partial charge in [-0.15, -0.1) is 0 Å². The summed E-state index contributed by atoms with van der Waals surface area (Å²) in [6, 6.07) is 9.70. The Morgan fingerprint density at radius 2 is 2.15 bits per heavy atom. The van der Waals surface area contributed by atoms with Gasteiger partial charge in [-0.25, -0.2) is 0 Å². The largest absolute Gasteiger partial charge is 0.479 e. The van der Waals surface area contributed by atoms with Gasteiger partial charge < -0.3 is 14.6 Å². The maximum absolute atomic E-state index is 12.1. The number of ether oxygens (including phenoxy) is 1. The highest BCUT2D eigenvalue weighted by molar-refractivity contribution is 5.92. The first kappa shape index (κ1) is 12.7. The number of aromatic nitrogens is 1. The molecule has 0 bridgehead atoms. The molecule has 2 atom stereocenters. The molecule has 1 amide bonds. The topological polar surface area (TPSA) is 64.4 Å². The van der Waals surface area contributed by atoms with Crippen molar-refractivity contribution in [3.63, 3.8) is 0 Å². The third kappa shape index (κ3) is 2.15. The van der Waals surface area contributed by atoms with Crippen LogP contribution in [-0.2, 0) is 0 Å². The van der Waals surface area contributed by atoms with Crippen molar-refractivity contribution in [3.8, 4) is 5.88 Å². The van der Waals surface area contributed by atoms with E-state index < -0.39 is 0 Å². The zero-order valence-electron chi connectivity index (χ0n) is 11.4. The molecule has 0 saturated carbocycles. The van der Waals surface area contributed by atoms with Gasteiger partial charge in [0, 0.05) is 0 Å². The van der Waals surface area contributed by atoms with Crippen LogP contribution in [0.5, 0.6) is 5.88 Å². The van der Waals surface area contributed by atoms with Crippen molar-refractivity contribution in [2.75, 3.05) is 7.11 Å². The molecule has 0 spiro atoms. The SMILES string of the molecule is COc1cc(C(=O)N[C@H]2C[C@@H](C)c3ccccc32)on1. The lowest BCUT2D eigenvalue weighted by Gasteiger charge is -2.12. The predicted octanol–water partition coefficient (Wildman–Crippen LogP) is 2.66. The first-order valence-electron chi connectivity index (χ1n) is 6.59. The van der Waals surface area contributed by atoms with Crippen LogP contribution in [0.15, 0.2) is 34.9 Å². The summed E-state index contributed by atoms with van der Waals surface area (Å²) in [6.45, 7) is 2.17. The molecule has 0 radical (unpaired) electrons. The zero-order chi connectivity index (χ0) is 14.1. The number of carbonyl (C=O) groups is 1. The van der Waals surface area contributed by atoms with Crippen molar-refractivity contribution in [2.45, 2.75) is 25.3 Å². The maximum atomic E-state index is 12.1. The molecule has 1 aliphatic carbocycles. The van der Waals surface area contributed by atoms with Gasteiger partial charge in [0.25, 0.3) is 11.8 Å². The summed E-state index contributed by atoms with van der Waals surface area (Å²) >= 11 is 0. The van der Waals surface area contributed by atoms with Crippen LogP contribution in [0.1, 0.15) is 47.0 Å². The van der Waals surface area contributed by atoms with Crippen molar-refractivity contribution in [2.24, 2.45) is 0 Å². The van der Waals surface area contributed by atoms with E-state index in [1.165, 1.54) is 24.3 Å². The molecular formula is C15H16N2O3. The quantitative estimate of drug-likeness (QED) is 0.933. The van der Waals surface area contributed by atoms with Crippen LogP contribution >= 0.6 is 0 Å². The molecule has 5 nitrogen and oxygen atoms in total. The molecule has 0 saturated heterocycles. The smallest absolute Gasteiger partial charge is 0.290 e. The van der Waals surface area contributed by atoms with Crippen molar-refractivity contribution < 1.29 is 14.1 Å². The number of hydrogen-bond acceptors (Lipinski definition) is 4. The van der Waals surface area contributed by atoms with Gasteiger partial charge in [0.1, 0.15) is 0 Å². The Morgan fingerprint density at radius 3 is 2.85 bits per heavy atom. The summed E-state index contributed by atoms with van der Waals surface area (Å²) in [5.74, 6) is 0.643. The third-order valence-corrected chi connectivity index (χ3v) is 3.72. The molecule has 1 heterocycles. The van der Waals surface area contributed by atoms with Gasteiger partial charge in [0.2, 0.25) is 5.76 Å². The number of amides is 1. The standard InChI is InChI=1S/C15H16N2O3/c1-9-7-12(11-6-4-3-5-10(9)11)16-15(18)13-8-14(19-2)17-20-13/h3-6,8-9,12H,7H2,1-2H3,(H,16,18)/t9-,12+/m1/s1. The number of methoxy groups -OCH3 is 1. The molecule has 0 aliphatic heterocycles. The molecule has 0 unspecified atom stereocenters. The lowest BCUT2D eigenvalue weighted by Crippen LogP contribution is -2.26. The summed E-state index contributed by atoms with van der Waals surface area (Å²) in [7, 11) is 1.48. The maximum Gasteiger partial charge on any atom is 0.290 e. The van der Waals surface area contributed by atoms with Crippen LogP contribution in [0.4, 0.5) is 0 Å². The summed E-state index contributed by atoms with van der Waals surface area (Å²) in [5, 5.41) is 6.62. The Kier molecular flexibility index (Phi) is 3.18. The molecule has 1 aromatic carbocycles. The Bertz CT molecular complexity index is 636. The molecule has 1 aliphatic rings. The van der Waals surface area contributed by atoms with Gasteiger partial charge in [0.05, 0.1) is 19.2 Å². The summed E-state index contributed by atoms with van der Waals surface area (Å²) in [6.07, 6.45) is 0.899. The van der Waals surface area contributed by atoms with Crippen molar-refractivity contribution in [3.05, 3.63) is 47.2 Å². The van der Waals surface area contributed by atoms with E-state index in [0.29, 0.717) is 11.8 Å². The predicted molar refractivity (Wildman–Crippen MR) is 72.7 cm³/mol. The molecule has 20 heavy (non-hydrogen) atoms. The Hall–Kier alpha value is -2.30. The van der Waals surface area contributed by atoms with E-state index in [2.05, 4.69) is 29.5 Å². The molecule has 5 heteroatoms. The number of nitrogens with one attached hydrogen (secondary N) is 1. The Labute approximate surface area is 116 Å². The van der Waals surface area contributed by atoms with Gasteiger partial charge in [-0.3, -0.25) is 4.79 Å². The highest BCUT2D eigenvalue weighted by atomic mass is 16.5. The highest BCUT2D eigenvalue weighted by Crippen LogP contribution is 2.39. The number of benzene rings is 1. The minimum Gasteiger partial charge on any atom is -0.479 e. The van der Waals surface area contributed by atoms with E-state index in [9.17, 15) is 4.79 Å². The first-order chi connectivity index (χ1) is 9.69. The zero-order valence-corrected chi connectivity index (χ0v) is 11.4. The van der Waals surface area contributed by atoms with Gasteiger partial charge >= 0.3 is 0 Å². The second-order valence-electron chi connectivity index (χ2n) is 5.03. The van der Waals surface area contributed by atoms with Gasteiger partial charge in [-0.1, -0.05) is 31.2 Å². The average molecular weight is 272 g/mol. The fourth-order valence-electron chi connectivity index (χ4n) is 2.71. The van der Waals surface area contributed by atoms with Gasteiger partial charge in [0.15, 0.2) is 0 Å². The van der Waals surface area contributed by atoms with E-state index in [0.717, 1.165) is 6.42 Å². The Morgan fingerprint density at radius 1 is 1.40 bits per heavy atom. The van der Waals surface area contributed by atoms with Crippen LogP contribution in [0.2, 0.25) is 0 Å². The molecular weight excluding hydrogens is 256 g/mol. The molecule has 3 rings (SSSR count). The van der Waals surface area contributed by atoms with Crippen molar-refractivity contribution in [1.82, 2.24) is 10.5 Å². The minimum absolute atomic E-state index is 0.0183. The van der Waals surface area contributed by atoms with Gasteiger partial charge in [-0.05, 0) is 28.6 Å². The normalized spacial score (nSPS) is 20.5. The third-order valence-electron chi connectivity index (χ3n) is 3.72. The van der Waals surface area contributed by atoms with Crippen LogP contribution in [0, 0.1) is 0 Å². The second kappa shape index (κ2) is 5.00. The second-order valence-corrected chi connectivity index (χ2v) is 5.03. The van der Waals surface area contributed by atoms with Crippen molar-refractivity contribution in [1.29, 1.82) is 0 Å². The number of fused-ring (bicyclic) bond motifs is 1. The van der Waals surface area contributed by atoms with Gasteiger partial charge in [-0.2, -0.15) is 0 Å². The van der Waals surface area contributed by atoms with Crippen LogP contribution in [-0.4, -0.2) is 18.2 Å². The summed E-state index contributed by atoms with van der Waals surface area (Å²) in [5.41, 5.74) is 2.48. The molecule has 2 aromatic rings. The number of carbonyl (C=O) groups excluding carboxylic acids is 1. The first-order valence-corrected chi connectivity index (χ1v) is 6.59. The molecule has 1 aromatic heterocycles. The Balaban J connectivity index is 1.77.